The van der Waals surface area contributed by atoms with Gasteiger partial charge in [0.05, 0.1) is 33.5 Å². The monoisotopic (exact) mass is 867 g/mol. The van der Waals surface area contributed by atoms with Crippen LogP contribution in [0.15, 0.2) is 273 Å². The zero-order chi connectivity index (χ0) is 45.0. The Balaban J connectivity index is 0.923. The lowest BCUT2D eigenvalue weighted by Gasteiger charge is -2.46. The van der Waals surface area contributed by atoms with Gasteiger partial charge in [0.15, 0.2) is 0 Å². The Bertz CT molecular complexity index is 3730. The van der Waals surface area contributed by atoms with Gasteiger partial charge in [-0.05, 0) is 124 Å². The van der Waals surface area contributed by atoms with Gasteiger partial charge in [0.2, 0.25) is 0 Å². The van der Waals surface area contributed by atoms with Crippen molar-refractivity contribution >= 4 is 66.7 Å². The lowest BCUT2D eigenvalue weighted by Crippen LogP contribution is -2.37. The average Bonchev–Trinajstić information content (AvgIpc) is 3.75. The first-order valence-corrected chi connectivity index (χ1v) is 23.4. The van der Waals surface area contributed by atoms with E-state index in [0.717, 1.165) is 50.9 Å². The Morgan fingerprint density at radius 2 is 0.853 bits per heavy atom. The van der Waals surface area contributed by atoms with Crippen LogP contribution < -0.4 is 9.80 Å². The molecule has 0 fully saturated rings. The molecule has 1 aliphatic rings. The molecule has 2 heterocycles. The predicted octanol–water partition coefficient (Wildman–Crippen LogP) is 17.2. The molecule has 13 rings (SSSR count). The van der Waals surface area contributed by atoms with Crippen molar-refractivity contribution in [2.45, 2.75) is 5.41 Å². The molecule has 3 heteroatoms. The van der Waals surface area contributed by atoms with Crippen molar-refractivity contribution in [1.82, 2.24) is 4.57 Å². The van der Waals surface area contributed by atoms with Crippen molar-refractivity contribution in [3.05, 3.63) is 295 Å². The third-order valence-electron chi connectivity index (χ3n) is 14.0. The summed E-state index contributed by atoms with van der Waals surface area (Å²) in [6, 6.07) is 99.8. The summed E-state index contributed by atoms with van der Waals surface area (Å²) in [7, 11) is 0. The summed E-state index contributed by atoms with van der Waals surface area (Å²) in [5.41, 5.74) is 17.0. The van der Waals surface area contributed by atoms with Crippen LogP contribution in [-0.4, -0.2) is 4.57 Å². The molecule has 0 saturated carbocycles. The van der Waals surface area contributed by atoms with Crippen LogP contribution in [0.1, 0.15) is 22.3 Å². The van der Waals surface area contributed by atoms with Crippen molar-refractivity contribution in [3.8, 4) is 16.8 Å². The van der Waals surface area contributed by atoms with Gasteiger partial charge in [0.25, 0.3) is 0 Å². The van der Waals surface area contributed by atoms with E-state index >= 15 is 0 Å². The molecule has 0 atom stereocenters. The number of anilines is 6. The maximum Gasteiger partial charge on any atom is 0.0742 e. The van der Waals surface area contributed by atoms with Crippen molar-refractivity contribution in [2.24, 2.45) is 0 Å². The number of fused-ring (bicyclic) bond motifs is 6. The fourth-order valence-corrected chi connectivity index (χ4v) is 11.1. The molecule has 11 aromatic carbocycles. The highest BCUT2D eigenvalue weighted by Gasteiger charge is 2.46. The molecule has 68 heavy (non-hydrogen) atoms. The predicted molar refractivity (Wildman–Crippen MR) is 285 cm³/mol. The van der Waals surface area contributed by atoms with Gasteiger partial charge in [-0.3, -0.25) is 0 Å². The van der Waals surface area contributed by atoms with Gasteiger partial charge in [-0.25, -0.2) is 0 Å². The molecule has 0 bridgehead atoms. The highest BCUT2D eigenvalue weighted by atomic mass is 15.2. The molecule has 3 nitrogen and oxygen atoms in total. The van der Waals surface area contributed by atoms with E-state index in [9.17, 15) is 0 Å². The van der Waals surface area contributed by atoms with E-state index in [0.29, 0.717) is 0 Å². The first-order chi connectivity index (χ1) is 33.8. The molecule has 1 aliphatic heterocycles. The minimum absolute atomic E-state index is 0.615. The maximum atomic E-state index is 2.47. The third kappa shape index (κ3) is 6.21. The molecule has 0 unspecified atom stereocenters. The molecule has 0 saturated heterocycles. The summed E-state index contributed by atoms with van der Waals surface area (Å²) in [5.74, 6) is 0. The van der Waals surface area contributed by atoms with Crippen LogP contribution in [0.2, 0.25) is 0 Å². The van der Waals surface area contributed by atoms with E-state index in [2.05, 4.69) is 287 Å². The standard InChI is InChI=1S/C65H45N3/c1-4-21-49(22-5-1)65(50-39-44-62-57(45-50)56-28-12-15-31-61(56)67(62)52-25-8-3-9-26-52)58-29-13-16-32-63(58)68(64-33-17-14-30-59(64)65)54-42-37-47(38-43-54)46-35-40-53(41-36-46)66(51-23-6-2-7-24-51)60-34-18-20-48-19-10-11-27-55(48)60/h1-45H. The van der Waals surface area contributed by atoms with Crippen LogP contribution in [0.4, 0.5) is 34.1 Å². The summed E-state index contributed by atoms with van der Waals surface area (Å²) in [6.45, 7) is 0. The molecule has 0 amide bonds. The highest BCUT2D eigenvalue weighted by molar-refractivity contribution is 6.10. The van der Waals surface area contributed by atoms with Gasteiger partial charge in [-0.2, -0.15) is 0 Å². The lowest BCUT2D eigenvalue weighted by molar-refractivity contribution is 0.732. The van der Waals surface area contributed by atoms with E-state index in [1.54, 1.807) is 0 Å². The smallest absolute Gasteiger partial charge is 0.0742 e. The van der Waals surface area contributed by atoms with Gasteiger partial charge in [-0.1, -0.05) is 188 Å². The Hall–Kier alpha value is -8.92. The lowest BCUT2D eigenvalue weighted by atomic mass is 9.62. The molecule has 0 spiro atoms. The molecule has 0 radical (unpaired) electrons. The summed E-state index contributed by atoms with van der Waals surface area (Å²) in [4.78, 5) is 4.82. The SMILES string of the molecule is c1ccc(N(c2ccc(-c3ccc(N4c5ccccc5C(c5ccccc5)(c5ccc6c(c5)c5ccccc5n6-c5ccccc5)c5ccccc54)cc3)cc2)c2cccc3ccccc23)cc1. The molecule has 0 N–H and O–H groups in total. The second-order valence-corrected chi connectivity index (χ2v) is 17.7. The van der Waals surface area contributed by atoms with Gasteiger partial charge in [-0.15, -0.1) is 0 Å². The largest absolute Gasteiger partial charge is 0.310 e. The van der Waals surface area contributed by atoms with Crippen LogP contribution >= 0.6 is 0 Å². The average molecular weight is 868 g/mol. The fraction of sp³-hybridized carbons (Fsp3) is 0.0154. The van der Waals surface area contributed by atoms with E-state index in [-0.39, 0.29) is 0 Å². The molecule has 12 aromatic rings. The van der Waals surface area contributed by atoms with Crippen LogP contribution in [-0.2, 0) is 5.41 Å². The number of hydrogen-bond donors (Lipinski definition) is 0. The number of rotatable bonds is 8. The second kappa shape index (κ2) is 16.2. The first kappa shape index (κ1) is 39.4. The number of nitrogens with zero attached hydrogens (tertiary/aromatic N) is 3. The van der Waals surface area contributed by atoms with Crippen LogP contribution in [0.3, 0.4) is 0 Å². The van der Waals surface area contributed by atoms with E-state index in [4.69, 9.17) is 0 Å². The Morgan fingerprint density at radius 1 is 0.324 bits per heavy atom. The first-order valence-electron chi connectivity index (χ1n) is 23.4. The van der Waals surface area contributed by atoms with Crippen LogP contribution in [0.25, 0.3) is 49.4 Å². The minimum atomic E-state index is -0.615. The third-order valence-corrected chi connectivity index (χ3v) is 14.0. The van der Waals surface area contributed by atoms with Crippen LogP contribution in [0.5, 0.6) is 0 Å². The summed E-state index contributed by atoms with van der Waals surface area (Å²) < 4.78 is 2.40. The van der Waals surface area contributed by atoms with Gasteiger partial charge in [0.1, 0.15) is 0 Å². The Labute approximate surface area is 396 Å². The molecular formula is C65H45N3. The number of para-hydroxylation sites is 5. The zero-order valence-corrected chi connectivity index (χ0v) is 37.3. The summed E-state index contributed by atoms with van der Waals surface area (Å²) >= 11 is 0. The number of hydrogen-bond acceptors (Lipinski definition) is 2. The Kier molecular flexibility index (Phi) is 9.40. The van der Waals surface area contributed by atoms with Crippen LogP contribution in [0, 0.1) is 0 Å². The minimum Gasteiger partial charge on any atom is -0.310 e. The van der Waals surface area contributed by atoms with Gasteiger partial charge >= 0.3 is 0 Å². The molecule has 320 valence electrons. The zero-order valence-electron chi connectivity index (χ0n) is 37.3. The van der Waals surface area contributed by atoms with Crippen molar-refractivity contribution in [3.63, 3.8) is 0 Å². The topological polar surface area (TPSA) is 11.4 Å². The van der Waals surface area contributed by atoms with E-state index in [1.165, 1.54) is 54.8 Å². The van der Waals surface area contributed by atoms with Crippen molar-refractivity contribution in [2.75, 3.05) is 9.80 Å². The maximum absolute atomic E-state index is 2.47. The molecular weight excluding hydrogens is 823 g/mol. The number of aromatic nitrogens is 1. The number of benzene rings is 11. The van der Waals surface area contributed by atoms with Gasteiger partial charge < -0.3 is 14.4 Å². The van der Waals surface area contributed by atoms with E-state index < -0.39 is 5.41 Å². The highest BCUT2D eigenvalue weighted by Crippen LogP contribution is 2.58. The Morgan fingerprint density at radius 3 is 1.56 bits per heavy atom. The van der Waals surface area contributed by atoms with E-state index in [1.807, 2.05) is 0 Å². The summed E-state index contributed by atoms with van der Waals surface area (Å²) in [5, 5.41) is 4.91. The fourth-order valence-electron chi connectivity index (χ4n) is 11.1. The normalized spacial score (nSPS) is 12.8. The molecule has 0 aliphatic carbocycles. The quantitative estimate of drug-likeness (QED) is 0.151. The molecule has 1 aromatic heterocycles. The second-order valence-electron chi connectivity index (χ2n) is 17.7. The summed E-state index contributed by atoms with van der Waals surface area (Å²) in [6.07, 6.45) is 0. The van der Waals surface area contributed by atoms with Gasteiger partial charge in [0, 0.05) is 38.9 Å². The van der Waals surface area contributed by atoms with Crippen molar-refractivity contribution in [1.29, 1.82) is 0 Å². The van der Waals surface area contributed by atoms with Crippen molar-refractivity contribution < 1.29 is 0 Å².